The van der Waals surface area contributed by atoms with Crippen LogP contribution in [0, 0.1) is 5.41 Å². The van der Waals surface area contributed by atoms with E-state index in [-0.39, 0.29) is 12.0 Å². The van der Waals surface area contributed by atoms with Crippen LogP contribution < -0.4 is 4.90 Å². The molecule has 1 aromatic carbocycles. The third-order valence-electron chi connectivity index (χ3n) is 4.98. The summed E-state index contributed by atoms with van der Waals surface area (Å²) in [5.74, 6) is 0.969. The largest absolute Gasteiger partial charge is 0.396 e. The van der Waals surface area contributed by atoms with Crippen molar-refractivity contribution in [3.8, 4) is 0 Å². The molecule has 6 nitrogen and oxygen atoms in total. The molecule has 2 fully saturated rings. The van der Waals surface area contributed by atoms with E-state index in [0.29, 0.717) is 13.2 Å². The summed E-state index contributed by atoms with van der Waals surface area (Å²) < 4.78 is 5.31. The molecule has 2 saturated heterocycles. The van der Waals surface area contributed by atoms with E-state index in [1.54, 1.807) is 0 Å². The minimum Gasteiger partial charge on any atom is -0.396 e. The molecule has 3 heterocycles. The number of aliphatic hydroxyl groups is 1. The van der Waals surface area contributed by atoms with Crippen molar-refractivity contribution in [2.45, 2.75) is 6.42 Å². The molecule has 0 aliphatic carbocycles. The van der Waals surface area contributed by atoms with Crippen LogP contribution in [0.4, 0.5) is 5.95 Å². The van der Waals surface area contributed by atoms with Crippen LogP contribution in [-0.4, -0.2) is 72.5 Å². The number of imidazole rings is 1. The minimum absolute atomic E-state index is 0.0332. The molecular formula is C17H24N4O2. The molecule has 4 rings (SSSR count). The Kier molecular flexibility index (Phi) is 3.97. The standard InChI is InChI=1S/C17H24N4O2/c22-11-17(12-23-13-17)10-20-6-3-7-21(9-8-20)16-18-14-4-1-2-5-15(14)19-16/h1-2,4-5,22H,3,6-13H2,(H,18,19). The highest BCUT2D eigenvalue weighted by Gasteiger charge is 2.39. The molecule has 2 N–H and O–H groups in total. The zero-order valence-electron chi connectivity index (χ0n) is 13.4. The highest BCUT2D eigenvalue weighted by molar-refractivity contribution is 5.77. The van der Waals surface area contributed by atoms with Gasteiger partial charge in [-0.2, -0.15) is 0 Å². The molecule has 23 heavy (non-hydrogen) atoms. The second-order valence-corrected chi connectivity index (χ2v) is 6.85. The molecule has 6 heteroatoms. The summed E-state index contributed by atoms with van der Waals surface area (Å²) in [6, 6.07) is 8.16. The Labute approximate surface area is 136 Å². The summed E-state index contributed by atoms with van der Waals surface area (Å²) in [5, 5.41) is 9.62. The number of para-hydroxylation sites is 2. The van der Waals surface area contributed by atoms with Gasteiger partial charge in [-0.1, -0.05) is 12.1 Å². The number of hydrogen-bond acceptors (Lipinski definition) is 5. The number of ether oxygens (including phenoxy) is 1. The predicted molar refractivity (Wildman–Crippen MR) is 89.7 cm³/mol. The van der Waals surface area contributed by atoms with E-state index in [4.69, 9.17) is 9.72 Å². The van der Waals surface area contributed by atoms with Crippen LogP contribution in [-0.2, 0) is 4.74 Å². The maximum absolute atomic E-state index is 9.62. The molecule has 1 aromatic heterocycles. The second-order valence-electron chi connectivity index (χ2n) is 6.85. The smallest absolute Gasteiger partial charge is 0.203 e. The number of fused-ring (bicyclic) bond motifs is 1. The van der Waals surface area contributed by atoms with Crippen LogP contribution in [0.1, 0.15) is 6.42 Å². The van der Waals surface area contributed by atoms with E-state index in [2.05, 4.69) is 20.9 Å². The summed E-state index contributed by atoms with van der Waals surface area (Å²) in [6.45, 7) is 6.56. The summed E-state index contributed by atoms with van der Waals surface area (Å²) in [7, 11) is 0. The number of aromatic nitrogens is 2. The molecule has 0 radical (unpaired) electrons. The highest BCUT2D eigenvalue weighted by Crippen LogP contribution is 2.28. The van der Waals surface area contributed by atoms with Crippen molar-refractivity contribution in [2.24, 2.45) is 5.41 Å². The average Bonchev–Trinajstić information content (AvgIpc) is 2.83. The topological polar surface area (TPSA) is 64.6 Å². The van der Waals surface area contributed by atoms with Gasteiger partial charge in [0.2, 0.25) is 5.95 Å². The van der Waals surface area contributed by atoms with Gasteiger partial charge in [-0.25, -0.2) is 4.98 Å². The van der Waals surface area contributed by atoms with Crippen LogP contribution >= 0.6 is 0 Å². The first-order valence-corrected chi connectivity index (χ1v) is 8.39. The molecule has 0 saturated carbocycles. The van der Waals surface area contributed by atoms with Crippen molar-refractivity contribution >= 4 is 17.0 Å². The maximum atomic E-state index is 9.62. The van der Waals surface area contributed by atoms with E-state index in [1.807, 2.05) is 18.2 Å². The minimum atomic E-state index is -0.0332. The Balaban J connectivity index is 1.42. The van der Waals surface area contributed by atoms with Crippen molar-refractivity contribution in [2.75, 3.05) is 57.4 Å². The quantitative estimate of drug-likeness (QED) is 0.884. The van der Waals surface area contributed by atoms with Crippen molar-refractivity contribution in [1.29, 1.82) is 0 Å². The van der Waals surface area contributed by atoms with Gasteiger partial charge in [0, 0.05) is 26.2 Å². The first-order chi connectivity index (χ1) is 11.3. The van der Waals surface area contributed by atoms with Gasteiger partial charge in [0.15, 0.2) is 0 Å². The zero-order chi connectivity index (χ0) is 15.7. The first-order valence-electron chi connectivity index (χ1n) is 8.39. The number of benzene rings is 1. The number of nitrogens with zero attached hydrogens (tertiary/aromatic N) is 3. The van der Waals surface area contributed by atoms with Crippen molar-refractivity contribution in [1.82, 2.24) is 14.9 Å². The lowest BCUT2D eigenvalue weighted by Crippen LogP contribution is -2.53. The molecule has 0 amide bonds. The maximum Gasteiger partial charge on any atom is 0.203 e. The van der Waals surface area contributed by atoms with E-state index in [1.165, 1.54) is 0 Å². The van der Waals surface area contributed by atoms with E-state index in [0.717, 1.165) is 56.1 Å². The van der Waals surface area contributed by atoms with Crippen LogP contribution in [0.15, 0.2) is 24.3 Å². The van der Waals surface area contributed by atoms with E-state index < -0.39 is 0 Å². The Bertz CT molecular complexity index is 629. The SMILES string of the molecule is OCC1(CN2CCCN(c3nc4ccccc4[nH]3)CC2)COC1. The average molecular weight is 316 g/mol. The first kappa shape index (κ1) is 14.9. The number of aromatic amines is 1. The lowest BCUT2D eigenvalue weighted by atomic mass is 9.86. The summed E-state index contributed by atoms with van der Waals surface area (Å²) in [5.41, 5.74) is 2.08. The number of rotatable bonds is 4. The third kappa shape index (κ3) is 2.94. The summed E-state index contributed by atoms with van der Waals surface area (Å²) in [4.78, 5) is 12.9. The molecule has 2 aliphatic heterocycles. The van der Waals surface area contributed by atoms with Gasteiger partial charge >= 0.3 is 0 Å². The number of aliphatic hydroxyl groups excluding tert-OH is 1. The van der Waals surface area contributed by atoms with Gasteiger partial charge in [-0.3, -0.25) is 0 Å². The summed E-state index contributed by atoms with van der Waals surface area (Å²) >= 11 is 0. The molecular weight excluding hydrogens is 292 g/mol. The number of hydrogen-bond donors (Lipinski definition) is 2. The second kappa shape index (κ2) is 6.11. The Morgan fingerprint density at radius 1 is 1.17 bits per heavy atom. The molecule has 0 spiro atoms. The number of anilines is 1. The van der Waals surface area contributed by atoms with Gasteiger partial charge in [0.05, 0.1) is 36.3 Å². The Hall–Kier alpha value is -1.63. The van der Waals surface area contributed by atoms with Gasteiger partial charge < -0.3 is 24.6 Å². The van der Waals surface area contributed by atoms with Crippen molar-refractivity contribution < 1.29 is 9.84 Å². The number of nitrogens with one attached hydrogen (secondary N) is 1. The molecule has 124 valence electrons. The molecule has 0 atom stereocenters. The Morgan fingerprint density at radius 3 is 2.78 bits per heavy atom. The van der Waals surface area contributed by atoms with E-state index in [9.17, 15) is 5.11 Å². The molecule has 0 bridgehead atoms. The lowest BCUT2D eigenvalue weighted by Gasteiger charge is -2.43. The summed E-state index contributed by atoms with van der Waals surface area (Å²) in [6.07, 6.45) is 1.11. The fourth-order valence-electron chi connectivity index (χ4n) is 3.53. The van der Waals surface area contributed by atoms with Crippen LogP contribution in [0.3, 0.4) is 0 Å². The number of H-pyrrole nitrogens is 1. The van der Waals surface area contributed by atoms with Crippen LogP contribution in [0.5, 0.6) is 0 Å². The molecule has 2 aromatic rings. The molecule has 2 aliphatic rings. The van der Waals surface area contributed by atoms with Crippen LogP contribution in [0.2, 0.25) is 0 Å². The molecule has 0 unspecified atom stereocenters. The van der Waals surface area contributed by atoms with Gasteiger partial charge in [0.1, 0.15) is 0 Å². The van der Waals surface area contributed by atoms with Crippen LogP contribution in [0.25, 0.3) is 11.0 Å². The normalized spacial score (nSPS) is 22.0. The van der Waals surface area contributed by atoms with Crippen molar-refractivity contribution in [3.05, 3.63) is 24.3 Å². The zero-order valence-corrected chi connectivity index (χ0v) is 13.4. The van der Waals surface area contributed by atoms with Crippen molar-refractivity contribution in [3.63, 3.8) is 0 Å². The fourth-order valence-corrected chi connectivity index (χ4v) is 3.53. The van der Waals surface area contributed by atoms with Gasteiger partial charge in [0.25, 0.3) is 0 Å². The van der Waals surface area contributed by atoms with E-state index >= 15 is 0 Å². The predicted octanol–water partition coefficient (Wildman–Crippen LogP) is 1.08. The Morgan fingerprint density at radius 2 is 2.04 bits per heavy atom. The highest BCUT2D eigenvalue weighted by atomic mass is 16.5. The van der Waals surface area contributed by atoms with Gasteiger partial charge in [-0.05, 0) is 25.1 Å². The van der Waals surface area contributed by atoms with Gasteiger partial charge in [-0.15, -0.1) is 0 Å². The lowest BCUT2D eigenvalue weighted by molar-refractivity contribution is -0.147. The monoisotopic (exact) mass is 316 g/mol. The fraction of sp³-hybridized carbons (Fsp3) is 0.588. The third-order valence-corrected chi connectivity index (χ3v) is 4.98.